The summed E-state index contributed by atoms with van der Waals surface area (Å²) in [6.07, 6.45) is 2.19. The number of aliphatic hydroxyl groups is 1. The number of hydrogen-bond donors (Lipinski definition) is 3. The quantitative estimate of drug-likeness (QED) is 0.786. The van der Waals surface area contributed by atoms with Crippen LogP contribution < -0.4 is 10.6 Å². The standard InChI is InChI=1S/C16H20N4O3/c1-9-3-6-13(18-16(22)17-10(2)8-21)12(7-9)15-19-14(20-23-15)11-4-5-11/h3,6-7,10-11,21H,4-5,8H2,1-2H3,(H2,17,18,22). The van der Waals surface area contributed by atoms with Crippen molar-refractivity contribution in [3.8, 4) is 11.5 Å². The minimum absolute atomic E-state index is 0.122. The molecule has 7 heteroatoms. The van der Waals surface area contributed by atoms with E-state index in [0.717, 1.165) is 24.2 Å². The topological polar surface area (TPSA) is 100 Å². The van der Waals surface area contributed by atoms with Crippen LogP contribution in [0.15, 0.2) is 22.7 Å². The summed E-state index contributed by atoms with van der Waals surface area (Å²) in [4.78, 5) is 16.4. The van der Waals surface area contributed by atoms with Crippen LogP contribution in [0.3, 0.4) is 0 Å². The van der Waals surface area contributed by atoms with Gasteiger partial charge in [-0.2, -0.15) is 4.98 Å². The van der Waals surface area contributed by atoms with Gasteiger partial charge in [0.25, 0.3) is 5.89 Å². The van der Waals surface area contributed by atoms with Crippen LogP contribution in [0.5, 0.6) is 0 Å². The molecule has 0 bridgehead atoms. The van der Waals surface area contributed by atoms with Crippen LogP contribution in [0.1, 0.15) is 37.1 Å². The lowest BCUT2D eigenvalue weighted by molar-refractivity contribution is 0.229. The number of hydrogen-bond acceptors (Lipinski definition) is 5. The maximum absolute atomic E-state index is 12.0. The molecule has 0 radical (unpaired) electrons. The van der Waals surface area contributed by atoms with Crippen LogP contribution in [0.4, 0.5) is 10.5 Å². The Bertz CT molecular complexity index is 709. The molecule has 0 spiro atoms. The third-order valence-corrected chi connectivity index (χ3v) is 3.69. The van der Waals surface area contributed by atoms with Crippen LogP contribution in [-0.2, 0) is 0 Å². The van der Waals surface area contributed by atoms with Gasteiger partial charge in [0.2, 0.25) is 0 Å². The first-order valence-electron chi connectivity index (χ1n) is 7.70. The molecular weight excluding hydrogens is 296 g/mol. The molecule has 23 heavy (non-hydrogen) atoms. The van der Waals surface area contributed by atoms with Gasteiger partial charge in [0.1, 0.15) is 0 Å². The normalized spacial score (nSPS) is 15.3. The highest BCUT2D eigenvalue weighted by molar-refractivity contribution is 5.93. The van der Waals surface area contributed by atoms with Gasteiger partial charge in [0.15, 0.2) is 5.82 Å². The predicted molar refractivity (Wildman–Crippen MR) is 85.1 cm³/mol. The molecular formula is C16H20N4O3. The Morgan fingerprint density at radius 2 is 2.26 bits per heavy atom. The van der Waals surface area contributed by atoms with Gasteiger partial charge >= 0.3 is 6.03 Å². The molecule has 1 aliphatic rings. The number of urea groups is 1. The summed E-state index contributed by atoms with van der Waals surface area (Å²) in [5, 5.41) is 18.4. The summed E-state index contributed by atoms with van der Waals surface area (Å²) >= 11 is 0. The molecule has 3 N–H and O–H groups in total. The van der Waals surface area contributed by atoms with Crippen LogP contribution >= 0.6 is 0 Å². The molecule has 2 amide bonds. The highest BCUT2D eigenvalue weighted by atomic mass is 16.5. The van der Waals surface area contributed by atoms with Crippen molar-refractivity contribution in [3.63, 3.8) is 0 Å². The maximum atomic E-state index is 12.0. The largest absolute Gasteiger partial charge is 0.394 e. The van der Waals surface area contributed by atoms with Crippen molar-refractivity contribution in [3.05, 3.63) is 29.6 Å². The smallest absolute Gasteiger partial charge is 0.319 e. The van der Waals surface area contributed by atoms with E-state index < -0.39 is 6.03 Å². The van der Waals surface area contributed by atoms with Gasteiger partial charge in [-0.05, 0) is 38.8 Å². The zero-order valence-corrected chi connectivity index (χ0v) is 13.2. The van der Waals surface area contributed by atoms with Crippen molar-refractivity contribution in [2.24, 2.45) is 0 Å². The molecule has 0 aliphatic heterocycles. The van der Waals surface area contributed by atoms with Gasteiger partial charge in [-0.15, -0.1) is 0 Å². The van der Waals surface area contributed by atoms with Gasteiger partial charge in [-0.25, -0.2) is 4.79 Å². The first kappa shape index (κ1) is 15.5. The monoisotopic (exact) mass is 316 g/mol. The van der Waals surface area contributed by atoms with Gasteiger partial charge in [0.05, 0.1) is 23.9 Å². The fourth-order valence-electron chi connectivity index (χ4n) is 2.22. The summed E-state index contributed by atoms with van der Waals surface area (Å²) in [6, 6.07) is 4.88. The number of benzene rings is 1. The zero-order chi connectivity index (χ0) is 16.4. The molecule has 1 aromatic heterocycles. The van der Waals surface area contributed by atoms with Gasteiger partial charge in [-0.3, -0.25) is 0 Å². The van der Waals surface area contributed by atoms with Crippen LogP contribution in [0, 0.1) is 6.92 Å². The second-order valence-corrected chi connectivity index (χ2v) is 5.96. The Morgan fingerprint density at radius 1 is 1.48 bits per heavy atom. The molecule has 1 aromatic carbocycles. The predicted octanol–water partition coefficient (Wildman–Crippen LogP) is 2.42. The molecule has 7 nitrogen and oxygen atoms in total. The number of carbonyl (C=O) groups is 1. The summed E-state index contributed by atoms with van der Waals surface area (Å²) in [6.45, 7) is 3.55. The molecule has 1 aliphatic carbocycles. The first-order valence-corrected chi connectivity index (χ1v) is 7.70. The van der Waals surface area contributed by atoms with Crippen molar-refractivity contribution >= 4 is 11.7 Å². The van der Waals surface area contributed by atoms with E-state index in [1.54, 1.807) is 13.0 Å². The molecule has 1 unspecified atom stereocenters. The Kier molecular flexibility index (Phi) is 4.29. The summed E-state index contributed by atoms with van der Waals surface area (Å²) in [7, 11) is 0. The minimum Gasteiger partial charge on any atom is -0.394 e. The molecule has 0 saturated heterocycles. The third kappa shape index (κ3) is 3.68. The van der Waals surface area contributed by atoms with E-state index in [1.165, 1.54) is 0 Å². The number of carbonyl (C=O) groups excluding carboxylic acids is 1. The number of aryl methyl sites for hydroxylation is 1. The third-order valence-electron chi connectivity index (χ3n) is 3.69. The second kappa shape index (κ2) is 6.37. The van der Waals surface area contributed by atoms with E-state index in [0.29, 0.717) is 23.1 Å². The average molecular weight is 316 g/mol. The number of rotatable bonds is 5. The van der Waals surface area contributed by atoms with Crippen molar-refractivity contribution in [2.75, 3.05) is 11.9 Å². The Balaban J connectivity index is 1.83. The van der Waals surface area contributed by atoms with E-state index in [1.807, 2.05) is 19.1 Å². The van der Waals surface area contributed by atoms with Gasteiger partial charge < -0.3 is 20.3 Å². The Labute approximate surface area is 134 Å². The highest BCUT2D eigenvalue weighted by Gasteiger charge is 2.29. The SMILES string of the molecule is Cc1ccc(NC(=O)NC(C)CO)c(-c2nc(C3CC3)no2)c1. The molecule has 1 atom stereocenters. The average Bonchev–Trinajstić information content (AvgIpc) is 3.26. The summed E-state index contributed by atoms with van der Waals surface area (Å²) < 4.78 is 5.36. The van der Waals surface area contributed by atoms with E-state index in [2.05, 4.69) is 20.8 Å². The van der Waals surface area contributed by atoms with Crippen molar-refractivity contribution in [2.45, 2.75) is 38.6 Å². The first-order chi connectivity index (χ1) is 11.1. The Morgan fingerprint density at radius 3 is 2.96 bits per heavy atom. The van der Waals surface area contributed by atoms with Crippen molar-refractivity contribution in [1.29, 1.82) is 0 Å². The minimum atomic E-state index is -0.390. The van der Waals surface area contributed by atoms with E-state index in [-0.39, 0.29) is 12.6 Å². The Hall–Kier alpha value is -2.41. The van der Waals surface area contributed by atoms with Crippen molar-refractivity contribution in [1.82, 2.24) is 15.5 Å². The highest BCUT2D eigenvalue weighted by Crippen LogP contribution is 2.39. The molecule has 2 aromatic rings. The van der Waals surface area contributed by atoms with Crippen LogP contribution in [0.2, 0.25) is 0 Å². The maximum Gasteiger partial charge on any atom is 0.319 e. The van der Waals surface area contributed by atoms with Gasteiger partial charge in [0, 0.05) is 5.92 Å². The zero-order valence-electron chi connectivity index (χ0n) is 13.2. The van der Waals surface area contributed by atoms with E-state index >= 15 is 0 Å². The fourth-order valence-corrected chi connectivity index (χ4v) is 2.22. The molecule has 122 valence electrons. The van der Waals surface area contributed by atoms with E-state index in [9.17, 15) is 4.79 Å². The lowest BCUT2D eigenvalue weighted by atomic mass is 10.1. The van der Waals surface area contributed by atoms with Crippen molar-refractivity contribution < 1.29 is 14.4 Å². The molecule has 1 saturated carbocycles. The second-order valence-electron chi connectivity index (χ2n) is 5.96. The number of nitrogens with one attached hydrogen (secondary N) is 2. The molecule has 1 fully saturated rings. The van der Waals surface area contributed by atoms with Gasteiger partial charge in [-0.1, -0.05) is 16.8 Å². The number of nitrogens with zero attached hydrogens (tertiary/aromatic N) is 2. The summed E-state index contributed by atoms with van der Waals surface area (Å²) in [5.41, 5.74) is 2.31. The molecule has 1 heterocycles. The molecule has 3 rings (SSSR count). The van der Waals surface area contributed by atoms with Crippen LogP contribution in [-0.4, -0.2) is 33.9 Å². The van der Waals surface area contributed by atoms with Crippen LogP contribution in [0.25, 0.3) is 11.5 Å². The summed E-state index contributed by atoms with van der Waals surface area (Å²) in [5.74, 6) is 1.54. The lowest BCUT2D eigenvalue weighted by Crippen LogP contribution is -2.38. The number of amides is 2. The number of aliphatic hydroxyl groups excluding tert-OH is 1. The lowest BCUT2D eigenvalue weighted by Gasteiger charge is -2.13. The number of aromatic nitrogens is 2. The fraction of sp³-hybridized carbons (Fsp3) is 0.438. The van der Waals surface area contributed by atoms with E-state index in [4.69, 9.17) is 9.63 Å². The number of anilines is 1.